The van der Waals surface area contributed by atoms with E-state index in [0.29, 0.717) is 38.7 Å². The molecule has 1 N–H and O–H groups in total. The van der Waals surface area contributed by atoms with Crippen LogP contribution in [0.1, 0.15) is 12.5 Å². The normalized spacial score (nSPS) is 10.5. The van der Waals surface area contributed by atoms with E-state index in [1.807, 2.05) is 44.2 Å². The minimum absolute atomic E-state index is 0.165. The molecular formula is C23H29NO7. The molecule has 0 unspecified atom stereocenters. The van der Waals surface area contributed by atoms with Crippen LogP contribution in [0, 0.1) is 6.92 Å². The molecule has 0 heterocycles. The van der Waals surface area contributed by atoms with Crippen molar-refractivity contribution < 1.29 is 33.3 Å². The summed E-state index contributed by atoms with van der Waals surface area (Å²) in [6, 6.07) is 9.51. The molecule has 1 amide bonds. The monoisotopic (exact) mass is 431 g/mol. The van der Waals surface area contributed by atoms with Crippen molar-refractivity contribution >= 4 is 22.8 Å². The number of fused-ring (bicyclic) bond motifs is 1. The highest BCUT2D eigenvalue weighted by atomic mass is 16.6. The SMILES string of the molecule is C=CC(=O)OCCOCCOCCNC(=O)Oc1c(C)cc(OCC)c2ccccc12. The maximum atomic E-state index is 12.2. The van der Waals surface area contributed by atoms with E-state index in [1.165, 1.54) is 0 Å². The summed E-state index contributed by atoms with van der Waals surface area (Å²) in [5, 5.41) is 4.37. The van der Waals surface area contributed by atoms with E-state index >= 15 is 0 Å². The van der Waals surface area contributed by atoms with Crippen LogP contribution in [-0.2, 0) is 19.0 Å². The minimum Gasteiger partial charge on any atom is -0.493 e. The van der Waals surface area contributed by atoms with Gasteiger partial charge in [-0.15, -0.1) is 0 Å². The van der Waals surface area contributed by atoms with Crippen molar-refractivity contribution in [2.24, 2.45) is 0 Å². The van der Waals surface area contributed by atoms with Gasteiger partial charge in [-0.05, 0) is 25.5 Å². The molecule has 0 aliphatic rings. The zero-order valence-corrected chi connectivity index (χ0v) is 18.0. The zero-order chi connectivity index (χ0) is 22.5. The summed E-state index contributed by atoms with van der Waals surface area (Å²) in [4.78, 5) is 23.1. The van der Waals surface area contributed by atoms with Crippen LogP contribution in [0.15, 0.2) is 43.0 Å². The summed E-state index contributed by atoms with van der Waals surface area (Å²) in [5.74, 6) is 0.784. The molecule has 0 aromatic heterocycles. The maximum Gasteiger partial charge on any atom is 0.412 e. The van der Waals surface area contributed by atoms with Gasteiger partial charge in [-0.3, -0.25) is 0 Å². The van der Waals surface area contributed by atoms with E-state index in [0.717, 1.165) is 28.2 Å². The van der Waals surface area contributed by atoms with Crippen molar-refractivity contribution in [1.29, 1.82) is 0 Å². The van der Waals surface area contributed by atoms with Crippen LogP contribution in [0.3, 0.4) is 0 Å². The Balaban J connectivity index is 1.71. The number of ether oxygens (including phenoxy) is 5. The third-order valence-corrected chi connectivity index (χ3v) is 4.16. The molecule has 2 aromatic carbocycles. The Bertz CT molecular complexity index is 882. The lowest BCUT2D eigenvalue weighted by Crippen LogP contribution is -2.30. The molecule has 0 radical (unpaired) electrons. The molecule has 0 saturated heterocycles. The Morgan fingerprint density at radius 2 is 1.71 bits per heavy atom. The van der Waals surface area contributed by atoms with Crippen molar-refractivity contribution in [3.63, 3.8) is 0 Å². The Morgan fingerprint density at radius 3 is 2.42 bits per heavy atom. The second-order valence-electron chi connectivity index (χ2n) is 6.41. The highest BCUT2D eigenvalue weighted by molar-refractivity contribution is 5.95. The molecule has 0 bridgehead atoms. The number of esters is 1. The third-order valence-electron chi connectivity index (χ3n) is 4.16. The number of hydrogen-bond acceptors (Lipinski definition) is 7. The first kappa shape index (κ1) is 24.2. The number of carbonyl (C=O) groups is 2. The summed E-state index contributed by atoms with van der Waals surface area (Å²) in [7, 11) is 0. The lowest BCUT2D eigenvalue weighted by atomic mass is 10.0. The van der Waals surface area contributed by atoms with Crippen LogP contribution >= 0.6 is 0 Å². The molecule has 2 rings (SSSR count). The van der Waals surface area contributed by atoms with E-state index in [-0.39, 0.29) is 13.2 Å². The van der Waals surface area contributed by atoms with Crippen LogP contribution in [0.25, 0.3) is 10.8 Å². The minimum atomic E-state index is -0.554. The molecular weight excluding hydrogens is 402 g/mol. The van der Waals surface area contributed by atoms with Crippen LogP contribution in [0.2, 0.25) is 0 Å². The number of rotatable bonds is 13. The number of nitrogens with one attached hydrogen (secondary N) is 1. The molecule has 0 spiro atoms. The second-order valence-corrected chi connectivity index (χ2v) is 6.41. The molecule has 31 heavy (non-hydrogen) atoms. The summed E-state index contributed by atoms with van der Waals surface area (Å²) >= 11 is 0. The third kappa shape index (κ3) is 7.92. The van der Waals surface area contributed by atoms with Crippen LogP contribution in [0.4, 0.5) is 4.79 Å². The first-order valence-electron chi connectivity index (χ1n) is 10.1. The van der Waals surface area contributed by atoms with E-state index in [1.54, 1.807) is 0 Å². The van der Waals surface area contributed by atoms with E-state index < -0.39 is 12.1 Å². The number of hydrogen-bond donors (Lipinski definition) is 1. The largest absolute Gasteiger partial charge is 0.493 e. The molecule has 0 aliphatic heterocycles. The Labute approximate surface area is 182 Å². The average molecular weight is 431 g/mol. The predicted octanol–water partition coefficient (Wildman–Crippen LogP) is 3.40. The second kappa shape index (κ2) is 13.3. The van der Waals surface area contributed by atoms with Gasteiger partial charge in [-0.1, -0.05) is 30.8 Å². The molecule has 0 aliphatic carbocycles. The van der Waals surface area contributed by atoms with Crippen molar-refractivity contribution in [3.8, 4) is 11.5 Å². The number of amides is 1. The van der Waals surface area contributed by atoms with Gasteiger partial charge in [-0.2, -0.15) is 0 Å². The molecule has 168 valence electrons. The molecule has 2 aromatic rings. The van der Waals surface area contributed by atoms with Gasteiger partial charge in [0, 0.05) is 23.4 Å². The van der Waals surface area contributed by atoms with Crippen molar-refractivity contribution in [3.05, 3.63) is 48.6 Å². The Kier molecular flexibility index (Phi) is 10.3. The van der Waals surface area contributed by atoms with Gasteiger partial charge in [0.25, 0.3) is 0 Å². The first-order valence-corrected chi connectivity index (χ1v) is 10.1. The molecule has 0 fully saturated rings. The number of carbonyl (C=O) groups excluding carboxylic acids is 2. The van der Waals surface area contributed by atoms with Gasteiger partial charge in [0.2, 0.25) is 0 Å². The first-order chi connectivity index (χ1) is 15.1. The van der Waals surface area contributed by atoms with Gasteiger partial charge < -0.3 is 29.0 Å². The van der Waals surface area contributed by atoms with E-state index in [4.69, 9.17) is 23.7 Å². The van der Waals surface area contributed by atoms with Crippen molar-refractivity contribution in [2.45, 2.75) is 13.8 Å². The topological polar surface area (TPSA) is 92.3 Å². The fourth-order valence-corrected chi connectivity index (χ4v) is 2.79. The average Bonchev–Trinajstić information content (AvgIpc) is 2.77. The summed E-state index contributed by atoms with van der Waals surface area (Å²) in [5.41, 5.74) is 0.810. The zero-order valence-electron chi connectivity index (χ0n) is 18.0. The van der Waals surface area contributed by atoms with Crippen LogP contribution in [-0.4, -0.2) is 58.2 Å². The molecule has 8 heteroatoms. The van der Waals surface area contributed by atoms with Crippen LogP contribution in [0.5, 0.6) is 11.5 Å². The van der Waals surface area contributed by atoms with Gasteiger partial charge in [0.15, 0.2) is 0 Å². The standard InChI is InChI=1S/C23H29NO7/c1-4-21(25)30-15-14-28-13-12-27-11-10-24-23(26)31-22-17(3)16-20(29-5-2)18-8-6-7-9-19(18)22/h4,6-9,16H,1,5,10-15H2,2-3H3,(H,24,26). The molecule has 0 saturated carbocycles. The molecule has 8 nitrogen and oxygen atoms in total. The highest BCUT2D eigenvalue weighted by Crippen LogP contribution is 2.36. The van der Waals surface area contributed by atoms with E-state index in [2.05, 4.69) is 11.9 Å². The molecule has 0 atom stereocenters. The quantitative estimate of drug-likeness (QED) is 0.295. The van der Waals surface area contributed by atoms with Gasteiger partial charge in [-0.25, -0.2) is 9.59 Å². The number of aryl methyl sites for hydroxylation is 1. The predicted molar refractivity (Wildman–Crippen MR) is 117 cm³/mol. The lowest BCUT2D eigenvalue weighted by Gasteiger charge is -2.15. The van der Waals surface area contributed by atoms with Crippen molar-refractivity contribution in [2.75, 3.05) is 46.2 Å². The van der Waals surface area contributed by atoms with E-state index in [9.17, 15) is 9.59 Å². The summed E-state index contributed by atoms with van der Waals surface area (Å²) in [6.07, 6.45) is 0.544. The highest BCUT2D eigenvalue weighted by Gasteiger charge is 2.14. The Hall–Kier alpha value is -3.10. The fraction of sp³-hybridized carbons (Fsp3) is 0.391. The van der Waals surface area contributed by atoms with Gasteiger partial charge in [0.1, 0.15) is 18.1 Å². The Morgan fingerprint density at radius 1 is 1.03 bits per heavy atom. The van der Waals surface area contributed by atoms with Gasteiger partial charge in [0.05, 0.1) is 33.0 Å². The summed E-state index contributed by atoms with van der Waals surface area (Å²) < 4.78 is 26.7. The summed E-state index contributed by atoms with van der Waals surface area (Å²) in [6.45, 7) is 9.42. The maximum absolute atomic E-state index is 12.2. The van der Waals surface area contributed by atoms with Crippen LogP contribution < -0.4 is 14.8 Å². The van der Waals surface area contributed by atoms with Crippen molar-refractivity contribution in [1.82, 2.24) is 5.32 Å². The number of benzene rings is 2. The van der Waals surface area contributed by atoms with Gasteiger partial charge >= 0.3 is 12.1 Å². The smallest absolute Gasteiger partial charge is 0.412 e. The lowest BCUT2D eigenvalue weighted by molar-refractivity contribution is -0.139. The fourth-order valence-electron chi connectivity index (χ4n) is 2.79.